The number of carbonyl (C=O) groups is 1. The third kappa shape index (κ3) is 2.41. The maximum atomic E-state index is 13.2. The van der Waals surface area contributed by atoms with E-state index < -0.39 is 23.7 Å². The number of carboxylic acids is 1. The topological polar surface area (TPSA) is 79.5 Å². The molecule has 2 unspecified atom stereocenters. The number of pyridine rings is 1. The first kappa shape index (κ1) is 15.3. The van der Waals surface area contributed by atoms with Crippen LogP contribution in [0.25, 0.3) is 0 Å². The molecule has 1 aliphatic heterocycles. The highest BCUT2D eigenvalue weighted by atomic mass is 35.5. The van der Waals surface area contributed by atoms with Crippen molar-refractivity contribution in [1.82, 2.24) is 10.1 Å². The van der Waals surface area contributed by atoms with Gasteiger partial charge in [0.1, 0.15) is 11.0 Å². The Hall–Kier alpha value is -2.22. The number of piperidine rings is 1. The van der Waals surface area contributed by atoms with Crippen molar-refractivity contribution in [2.24, 2.45) is 11.8 Å². The number of fused-ring (bicyclic) bond motifs is 1. The predicted octanol–water partition coefficient (Wildman–Crippen LogP) is 2.71. The Morgan fingerprint density at radius 3 is 2.71 bits per heavy atom. The molecule has 0 radical (unpaired) electrons. The zero-order valence-electron chi connectivity index (χ0n) is 12.2. The molecule has 9 heteroatoms. The molecule has 6 nitrogen and oxygen atoms in total. The van der Waals surface area contributed by atoms with Gasteiger partial charge in [0.15, 0.2) is 0 Å². The quantitative estimate of drug-likeness (QED) is 0.849. The molecule has 0 bridgehead atoms. The summed E-state index contributed by atoms with van der Waals surface area (Å²) in [5.74, 6) is -4.57. The largest absolute Gasteiger partial charge is 0.475 e. The molecule has 1 saturated carbocycles. The van der Waals surface area contributed by atoms with Crippen molar-refractivity contribution in [2.75, 3.05) is 18.0 Å². The van der Waals surface area contributed by atoms with Gasteiger partial charge >= 0.3 is 5.97 Å². The van der Waals surface area contributed by atoms with E-state index >= 15 is 0 Å². The van der Waals surface area contributed by atoms with Crippen LogP contribution in [0.15, 0.2) is 22.7 Å². The minimum absolute atomic E-state index is 0.236. The molecule has 2 atom stereocenters. The number of carboxylic acid groups (broad SMARTS) is 1. The van der Waals surface area contributed by atoms with E-state index in [0.29, 0.717) is 17.1 Å². The summed E-state index contributed by atoms with van der Waals surface area (Å²) in [6.07, 6.45) is 0.270. The van der Waals surface area contributed by atoms with E-state index in [9.17, 15) is 13.6 Å². The molecule has 0 aromatic carbocycles. The molecule has 2 aliphatic rings. The number of halogens is 3. The summed E-state index contributed by atoms with van der Waals surface area (Å²) in [4.78, 5) is 16.8. The average Bonchev–Trinajstić information content (AvgIpc) is 3.00. The zero-order valence-corrected chi connectivity index (χ0v) is 13.0. The molecule has 1 N–H and O–H groups in total. The minimum atomic E-state index is -2.53. The van der Waals surface area contributed by atoms with Crippen LogP contribution in [0.3, 0.4) is 0 Å². The summed E-state index contributed by atoms with van der Waals surface area (Å²) in [5, 5.41) is 12.7. The van der Waals surface area contributed by atoms with Crippen LogP contribution in [0, 0.1) is 11.8 Å². The van der Waals surface area contributed by atoms with Gasteiger partial charge in [-0.25, -0.2) is 18.6 Å². The number of aromatic nitrogens is 2. The van der Waals surface area contributed by atoms with Gasteiger partial charge in [-0.05, 0) is 11.6 Å². The fraction of sp³-hybridized carbons (Fsp3) is 0.400. The second-order valence-electron chi connectivity index (χ2n) is 6.08. The SMILES string of the molecule is O=C(O)c1cc(Cc2ccc(N3CC4C(C3)C4(F)F)nc2Cl)no1. The summed E-state index contributed by atoms with van der Waals surface area (Å²) in [7, 11) is 0. The van der Waals surface area contributed by atoms with Gasteiger partial charge in [-0.2, -0.15) is 0 Å². The monoisotopic (exact) mass is 355 g/mol. The third-order valence-corrected chi connectivity index (χ3v) is 4.90. The standard InChI is InChI=1S/C15H12ClF2N3O3/c16-13-7(3-8-4-11(14(22)23)24-20-8)1-2-12(19-13)21-5-9-10(6-21)15(9,17)18/h1-2,4,9-10H,3,5-6H2,(H,22,23). The molecular formula is C15H12ClF2N3O3. The summed E-state index contributed by atoms with van der Waals surface area (Å²) in [5.41, 5.74) is 1.08. The molecule has 3 heterocycles. The summed E-state index contributed by atoms with van der Waals surface area (Å²) in [6, 6.07) is 4.78. The number of alkyl halides is 2. The molecular weight excluding hydrogens is 344 g/mol. The van der Waals surface area contributed by atoms with Crippen molar-refractivity contribution < 1.29 is 23.2 Å². The molecule has 0 spiro atoms. The normalized spacial score (nSPS) is 24.0. The number of aromatic carboxylic acids is 1. The summed E-state index contributed by atoms with van der Waals surface area (Å²) < 4.78 is 31.2. The Morgan fingerprint density at radius 1 is 1.42 bits per heavy atom. The van der Waals surface area contributed by atoms with Gasteiger partial charge in [0.25, 0.3) is 5.92 Å². The van der Waals surface area contributed by atoms with Gasteiger partial charge in [0.2, 0.25) is 5.76 Å². The maximum Gasteiger partial charge on any atom is 0.374 e. The van der Waals surface area contributed by atoms with E-state index in [2.05, 4.69) is 14.7 Å². The van der Waals surface area contributed by atoms with Crippen LogP contribution in [-0.2, 0) is 6.42 Å². The first-order chi connectivity index (χ1) is 11.4. The van der Waals surface area contributed by atoms with Gasteiger partial charge < -0.3 is 14.5 Å². The molecule has 2 aromatic rings. The first-order valence-electron chi connectivity index (χ1n) is 7.33. The van der Waals surface area contributed by atoms with Crippen molar-refractivity contribution in [2.45, 2.75) is 12.3 Å². The van der Waals surface area contributed by atoms with E-state index in [1.807, 2.05) is 0 Å². The highest BCUT2D eigenvalue weighted by Crippen LogP contribution is 2.59. The van der Waals surface area contributed by atoms with E-state index in [-0.39, 0.29) is 30.4 Å². The zero-order chi connectivity index (χ0) is 17.1. The van der Waals surface area contributed by atoms with Crippen LogP contribution in [0.4, 0.5) is 14.6 Å². The smallest absolute Gasteiger partial charge is 0.374 e. The number of hydrogen-bond acceptors (Lipinski definition) is 5. The van der Waals surface area contributed by atoms with Crippen LogP contribution in [0.2, 0.25) is 5.15 Å². The van der Waals surface area contributed by atoms with Crippen molar-refractivity contribution in [3.8, 4) is 0 Å². The second-order valence-corrected chi connectivity index (χ2v) is 6.43. The second kappa shape index (κ2) is 5.14. The van der Waals surface area contributed by atoms with Gasteiger partial charge in [-0.15, -0.1) is 0 Å². The number of nitrogens with zero attached hydrogens (tertiary/aromatic N) is 3. The molecule has 1 saturated heterocycles. The lowest BCUT2D eigenvalue weighted by Crippen LogP contribution is -2.28. The highest BCUT2D eigenvalue weighted by Gasteiger charge is 2.71. The summed E-state index contributed by atoms with van der Waals surface area (Å²) >= 11 is 6.17. The van der Waals surface area contributed by atoms with Crippen molar-refractivity contribution in [3.05, 3.63) is 40.4 Å². The molecule has 0 amide bonds. The van der Waals surface area contributed by atoms with Crippen LogP contribution < -0.4 is 4.90 Å². The Balaban J connectivity index is 1.47. The Labute approximate surface area is 140 Å². The number of anilines is 1. The van der Waals surface area contributed by atoms with Crippen LogP contribution in [0.5, 0.6) is 0 Å². The lowest BCUT2D eigenvalue weighted by Gasteiger charge is -2.21. The van der Waals surface area contributed by atoms with Gasteiger partial charge in [0, 0.05) is 25.6 Å². The van der Waals surface area contributed by atoms with Crippen molar-refractivity contribution in [1.29, 1.82) is 0 Å². The lowest BCUT2D eigenvalue weighted by molar-refractivity contribution is 0.0651. The third-order valence-electron chi connectivity index (χ3n) is 4.58. The molecule has 4 rings (SSSR count). The highest BCUT2D eigenvalue weighted by molar-refractivity contribution is 6.30. The fourth-order valence-electron chi connectivity index (χ4n) is 3.15. The molecule has 2 aromatic heterocycles. The number of rotatable bonds is 4. The Morgan fingerprint density at radius 2 is 2.12 bits per heavy atom. The van der Waals surface area contributed by atoms with E-state index in [1.165, 1.54) is 6.07 Å². The van der Waals surface area contributed by atoms with Crippen LogP contribution in [0.1, 0.15) is 21.8 Å². The maximum absolute atomic E-state index is 13.2. The van der Waals surface area contributed by atoms with E-state index in [1.54, 1.807) is 17.0 Å². The molecule has 126 valence electrons. The van der Waals surface area contributed by atoms with Crippen LogP contribution >= 0.6 is 11.6 Å². The van der Waals surface area contributed by atoms with Crippen LogP contribution in [-0.4, -0.2) is 40.2 Å². The molecule has 1 aliphatic carbocycles. The van der Waals surface area contributed by atoms with Crippen molar-refractivity contribution >= 4 is 23.4 Å². The number of hydrogen-bond donors (Lipinski definition) is 1. The Kier molecular flexibility index (Phi) is 3.28. The summed E-state index contributed by atoms with van der Waals surface area (Å²) in [6.45, 7) is 0.567. The fourth-order valence-corrected chi connectivity index (χ4v) is 3.36. The Bertz CT molecular complexity index is 812. The van der Waals surface area contributed by atoms with E-state index in [4.69, 9.17) is 16.7 Å². The van der Waals surface area contributed by atoms with Gasteiger partial charge in [0.05, 0.1) is 17.5 Å². The van der Waals surface area contributed by atoms with E-state index in [0.717, 1.165) is 0 Å². The molecule has 24 heavy (non-hydrogen) atoms. The predicted molar refractivity (Wildman–Crippen MR) is 79.7 cm³/mol. The van der Waals surface area contributed by atoms with Gasteiger partial charge in [-0.1, -0.05) is 22.8 Å². The lowest BCUT2D eigenvalue weighted by atomic mass is 10.1. The van der Waals surface area contributed by atoms with Gasteiger partial charge in [-0.3, -0.25) is 0 Å². The van der Waals surface area contributed by atoms with Crippen molar-refractivity contribution in [3.63, 3.8) is 0 Å². The minimum Gasteiger partial charge on any atom is -0.475 e. The first-order valence-corrected chi connectivity index (χ1v) is 7.71. The average molecular weight is 356 g/mol. The molecule has 2 fully saturated rings.